The molecule has 8 heteroatoms. The van der Waals surface area contributed by atoms with Crippen LogP contribution in [0.2, 0.25) is 0 Å². The van der Waals surface area contributed by atoms with E-state index in [4.69, 9.17) is 14.5 Å². The minimum Gasteiger partial charge on any atom is -0.486 e. The van der Waals surface area contributed by atoms with Crippen LogP contribution in [0.15, 0.2) is 45.9 Å². The minimum atomic E-state index is -0.0558. The number of nitrogens with zero attached hydrogens (tertiary/aromatic N) is 2. The zero-order valence-corrected chi connectivity index (χ0v) is 18.4. The number of H-pyrrole nitrogens is 1. The van der Waals surface area contributed by atoms with Gasteiger partial charge in [-0.05, 0) is 48.5 Å². The van der Waals surface area contributed by atoms with E-state index in [1.54, 1.807) is 11.3 Å². The van der Waals surface area contributed by atoms with Gasteiger partial charge in [-0.25, -0.2) is 4.98 Å². The number of nitrogens with one attached hydrogen (secondary N) is 1. The molecule has 4 aromatic rings. The number of thiophene rings is 2. The summed E-state index contributed by atoms with van der Waals surface area (Å²) in [5.74, 6) is 2.36. The Morgan fingerprint density at radius 2 is 2.06 bits per heavy atom. The fraction of sp³-hybridized carbons (Fsp3) is 0.304. The van der Waals surface area contributed by atoms with Crippen LogP contribution >= 0.6 is 22.7 Å². The highest BCUT2D eigenvalue weighted by Crippen LogP contribution is 2.39. The summed E-state index contributed by atoms with van der Waals surface area (Å²) in [5, 5.41) is 4.76. The molecule has 2 aliphatic rings. The van der Waals surface area contributed by atoms with Gasteiger partial charge in [-0.15, -0.1) is 22.7 Å². The van der Waals surface area contributed by atoms with Gasteiger partial charge in [0.1, 0.15) is 23.9 Å². The Hall–Kier alpha value is -2.68. The molecule has 0 unspecified atom stereocenters. The maximum absolute atomic E-state index is 12.9. The SMILES string of the molecule is O=c1[nH]c(CN2CCC[C@@H]2c2ccc3c(c2)OCCO3)nc2scc(-c3cccs3)c12. The normalized spacial score (nSPS) is 18.6. The van der Waals surface area contributed by atoms with Crippen LogP contribution in [0.25, 0.3) is 20.7 Å². The van der Waals surface area contributed by atoms with Crippen LogP contribution < -0.4 is 15.0 Å². The van der Waals surface area contributed by atoms with Crippen molar-refractivity contribution in [2.75, 3.05) is 19.8 Å². The van der Waals surface area contributed by atoms with Crippen LogP contribution in [-0.2, 0) is 6.54 Å². The first-order chi connectivity index (χ1) is 15.3. The molecule has 1 aromatic carbocycles. The molecule has 0 saturated carbocycles. The molecule has 31 heavy (non-hydrogen) atoms. The van der Waals surface area contributed by atoms with E-state index in [0.29, 0.717) is 25.1 Å². The molecule has 1 fully saturated rings. The molecule has 5 heterocycles. The zero-order chi connectivity index (χ0) is 20.8. The monoisotopic (exact) mass is 451 g/mol. The number of fused-ring (bicyclic) bond motifs is 2. The molecule has 0 amide bonds. The van der Waals surface area contributed by atoms with Crippen LogP contribution in [0, 0.1) is 0 Å². The fourth-order valence-electron chi connectivity index (χ4n) is 4.53. The van der Waals surface area contributed by atoms with Crippen molar-refractivity contribution in [1.82, 2.24) is 14.9 Å². The number of rotatable bonds is 4. The third kappa shape index (κ3) is 3.44. The van der Waals surface area contributed by atoms with Crippen molar-refractivity contribution in [3.05, 3.63) is 62.8 Å². The molecule has 6 rings (SSSR count). The summed E-state index contributed by atoms with van der Waals surface area (Å²) in [4.78, 5) is 25.1. The van der Waals surface area contributed by atoms with Crippen LogP contribution in [0.4, 0.5) is 0 Å². The molecule has 2 aliphatic heterocycles. The minimum absolute atomic E-state index is 0.0558. The third-order valence-corrected chi connectivity index (χ3v) is 7.72. The highest BCUT2D eigenvalue weighted by molar-refractivity contribution is 7.18. The van der Waals surface area contributed by atoms with E-state index in [9.17, 15) is 4.79 Å². The Morgan fingerprint density at radius 1 is 1.16 bits per heavy atom. The highest BCUT2D eigenvalue weighted by Gasteiger charge is 2.28. The van der Waals surface area contributed by atoms with Crippen molar-refractivity contribution in [3.63, 3.8) is 0 Å². The number of hydrogen-bond acceptors (Lipinski definition) is 7. The van der Waals surface area contributed by atoms with E-state index in [1.165, 1.54) is 16.9 Å². The molecular weight excluding hydrogens is 430 g/mol. The predicted octanol–water partition coefficient (Wildman–Crippen LogP) is 4.82. The van der Waals surface area contributed by atoms with Gasteiger partial charge in [0.25, 0.3) is 5.56 Å². The molecule has 1 saturated heterocycles. The van der Waals surface area contributed by atoms with Crippen molar-refractivity contribution in [3.8, 4) is 21.9 Å². The number of aromatic amines is 1. The maximum Gasteiger partial charge on any atom is 0.260 e. The lowest BCUT2D eigenvalue weighted by Crippen LogP contribution is -2.25. The van der Waals surface area contributed by atoms with Gasteiger partial charge in [-0.1, -0.05) is 12.1 Å². The maximum atomic E-state index is 12.9. The molecule has 158 valence electrons. The Bertz CT molecular complexity index is 1300. The number of ether oxygens (including phenoxy) is 2. The van der Waals surface area contributed by atoms with Crippen LogP contribution in [0.1, 0.15) is 30.3 Å². The molecule has 0 spiro atoms. The van der Waals surface area contributed by atoms with Gasteiger partial charge < -0.3 is 14.5 Å². The van der Waals surface area contributed by atoms with Gasteiger partial charge in [0.2, 0.25) is 0 Å². The van der Waals surface area contributed by atoms with Gasteiger partial charge >= 0.3 is 0 Å². The Kier molecular flexibility index (Phi) is 4.78. The molecule has 3 aromatic heterocycles. The Morgan fingerprint density at radius 3 is 2.94 bits per heavy atom. The lowest BCUT2D eigenvalue weighted by molar-refractivity contribution is 0.170. The molecule has 0 bridgehead atoms. The summed E-state index contributed by atoms with van der Waals surface area (Å²) in [5.41, 5.74) is 2.15. The van der Waals surface area contributed by atoms with Crippen LogP contribution in [0.5, 0.6) is 11.5 Å². The van der Waals surface area contributed by atoms with E-state index in [-0.39, 0.29) is 11.6 Å². The largest absolute Gasteiger partial charge is 0.486 e. The van der Waals surface area contributed by atoms with E-state index in [0.717, 1.165) is 52.0 Å². The van der Waals surface area contributed by atoms with Crippen molar-refractivity contribution in [2.24, 2.45) is 0 Å². The quantitative estimate of drug-likeness (QED) is 0.482. The smallest absolute Gasteiger partial charge is 0.260 e. The average molecular weight is 452 g/mol. The fourth-order valence-corrected chi connectivity index (χ4v) is 6.32. The molecule has 0 aliphatic carbocycles. The van der Waals surface area contributed by atoms with Gasteiger partial charge in [0, 0.05) is 21.9 Å². The lowest BCUT2D eigenvalue weighted by Gasteiger charge is -2.26. The first kappa shape index (κ1) is 19.0. The molecule has 1 atom stereocenters. The molecule has 0 radical (unpaired) electrons. The summed E-state index contributed by atoms with van der Waals surface area (Å²) in [7, 11) is 0. The van der Waals surface area contributed by atoms with E-state index < -0.39 is 0 Å². The number of aromatic nitrogens is 2. The molecule has 1 N–H and O–H groups in total. The lowest BCUT2D eigenvalue weighted by atomic mass is 10.0. The number of likely N-dealkylation sites (tertiary alicyclic amines) is 1. The topological polar surface area (TPSA) is 67.5 Å². The van der Waals surface area contributed by atoms with Crippen molar-refractivity contribution < 1.29 is 9.47 Å². The summed E-state index contributed by atoms with van der Waals surface area (Å²) in [6.07, 6.45) is 2.20. The number of hydrogen-bond donors (Lipinski definition) is 1. The first-order valence-corrected chi connectivity index (χ1v) is 12.2. The number of benzene rings is 1. The summed E-state index contributed by atoms with van der Waals surface area (Å²) < 4.78 is 11.4. The second-order valence-electron chi connectivity index (χ2n) is 7.85. The van der Waals surface area contributed by atoms with E-state index >= 15 is 0 Å². The van der Waals surface area contributed by atoms with Crippen molar-refractivity contribution in [1.29, 1.82) is 0 Å². The van der Waals surface area contributed by atoms with E-state index in [1.807, 2.05) is 29.0 Å². The van der Waals surface area contributed by atoms with Crippen LogP contribution in [-0.4, -0.2) is 34.6 Å². The average Bonchev–Trinajstić information content (AvgIpc) is 3.54. The van der Waals surface area contributed by atoms with Gasteiger partial charge in [0.05, 0.1) is 11.9 Å². The third-order valence-electron chi connectivity index (χ3n) is 5.95. The summed E-state index contributed by atoms with van der Waals surface area (Å²) >= 11 is 3.18. The summed E-state index contributed by atoms with van der Waals surface area (Å²) in [6.45, 7) is 2.78. The highest BCUT2D eigenvalue weighted by atomic mass is 32.1. The van der Waals surface area contributed by atoms with Gasteiger partial charge in [-0.3, -0.25) is 9.69 Å². The second kappa shape index (κ2) is 7.78. The predicted molar refractivity (Wildman–Crippen MR) is 123 cm³/mol. The van der Waals surface area contributed by atoms with Crippen molar-refractivity contribution in [2.45, 2.75) is 25.4 Å². The molecular formula is C23H21N3O3S2. The molecule has 6 nitrogen and oxygen atoms in total. The standard InChI is InChI=1S/C23H21N3O3S2/c27-22-21-15(19-4-2-10-30-19)13-31-23(21)25-20(24-22)12-26-7-1-3-16(26)14-5-6-17-18(11-14)29-9-8-28-17/h2,4-6,10-11,13,16H,1,3,7-9,12H2,(H,24,25,27)/t16-/m1/s1. The zero-order valence-electron chi connectivity index (χ0n) is 16.8. The second-order valence-corrected chi connectivity index (χ2v) is 9.66. The van der Waals surface area contributed by atoms with Crippen LogP contribution in [0.3, 0.4) is 0 Å². The summed E-state index contributed by atoms with van der Waals surface area (Å²) in [6, 6.07) is 10.6. The van der Waals surface area contributed by atoms with Gasteiger partial charge in [0.15, 0.2) is 11.5 Å². The van der Waals surface area contributed by atoms with E-state index in [2.05, 4.69) is 22.0 Å². The Balaban J connectivity index is 1.29. The first-order valence-electron chi connectivity index (χ1n) is 10.4. The van der Waals surface area contributed by atoms with Crippen molar-refractivity contribution >= 4 is 32.9 Å². The van der Waals surface area contributed by atoms with Gasteiger partial charge in [-0.2, -0.15) is 0 Å². The Labute approximate surface area is 187 Å².